The second kappa shape index (κ2) is 6.67. The number of anilines is 1. The van der Waals surface area contributed by atoms with Gasteiger partial charge in [0.25, 0.3) is 0 Å². The summed E-state index contributed by atoms with van der Waals surface area (Å²) >= 11 is 12.2. The Bertz CT molecular complexity index is 752. The summed E-state index contributed by atoms with van der Waals surface area (Å²) in [6, 6.07) is 3.33. The molecule has 24 heavy (non-hydrogen) atoms. The fourth-order valence-corrected chi connectivity index (χ4v) is 3.12. The van der Waals surface area contributed by atoms with Gasteiger partial charge in [-0.2, -0.15) is 0 Å². The maximum atomic E-state index is 10.4. The van der Waals surface area contributed by atoms with Crippen molar-refractivity contribution < 1.29 is 20.1 Å². The van der Waals surface area contributed by atoms with Crippen molar-refractivity contribution in [3.05, 3.63) is 22.2 Å². The fourth-order valence-electron chi connectivity index (χ4n) is 2.80. The first-order valence-electron chi connectivity index (χ1n) is 7.59. The van der Waals surface area contributed by atoms with E-state index in [1.54, 1.807) is 16.7 Å². The number of hydrogen-bond donors (Lipinski definition) is 4. The van der Waals surface area contributed by atoms with Gasteiger partial charge in [0, 0.05) is 6.04 Å². The Hall–Kier alpha value is -1.09. The molecule has 9 heteroatoms. The number of ether oxygens (including phenoxy) is 1. The van der Waals surface area contributed by atoms with Crippen molar-refractivity contribution in [3.8, 4) is 0 Å². The number of rotatable bonds is 4. The maximum absolute atomic E-state index is 10.4. The number of aliphatic hydroxyl groups excluding tert-OH is 3. The van der Waals surface area contributed by atoms with Crippen molar-refractivity contribution >= 4 is 40.2 Å². The third-order valence-corrected chi connectivity index (χ3v) is 4.64. The predicted octanol–water partition coefficient (Wildman–Crippen LogP) is 1.77. The summed E-state index contributed by atoms with van der Waals surface area (Å²) in [6.07, 6.45) is -4.22. The first kappa shape index (κ1) is 17.7. The topological polar surface area (TPSA) is 99.8 Å². The molecule has 1 aliphatic rings. The molecule has 132 valence electrons. The average Bonchev–Trinajstić information content (AvgIpc) is 2.97. The van der Waals surface area contributed by atoms with Crippen LogP contribution in [-0.2, 0) is 4.74 Å². The lowest BCUT2D eigenvalue weighted by atomic mass is 10.1. The number of halogens is 2. The van der Waals surface area contributed by atoms with E-state index in [4.69, 9.17) is 27.9 Å². The molecule has 1 aromatic carbocycles. The number of nitrogens with one attached hydrogen (secondary N) is 1. The number of fused-ring (bicyclic) bond motifs is 1. The summed E-state index contributed by atoms with van der Waals surface area (Å²) in [4.78, 5) is 4.48. The number of benzene rings is 1. The van der Waals surface area contributed by atoms with Crippen molar-refractivity contribution in [3.63, 3.8) is 0 Å². The quantitative estimate of drug-likeness (QED) is 0.649. The molecule has 0 spiro atoms. The second-order valence-corrected chi connectivity index (χ2v) is 6.90. The Morgan fingerprint density at radius 2 is 1.92 bits per heavy atom. The van der Waals surface area contributed by atoms with Crippen LogP contribution in [0.1, 0.15) is 20.1 Å². The molecular weight excluding hydrogens is 357 g/mol. The summed E-state index contributed by atoms with van der Waals surface area (Å²) in [5, 5.41) is 33.6. The molecule has 2 aromatic rings. The molecule has 0 radical (unpaired) electrons. The van der Waals surface area contributed by atoms with E-state index >= 15 is 0 Å². The largest absolute Gasteiger partial charge is 0.394 e. The fraction of sp³-hybridized carbons (Fsp3) is 0.533. The van der Waals surface area contributed by atoms with Gasteiger partial charge in [0.1, 0.15) is 18.3 Å². The minimum atomic E-state index is -1.22. The molecule has 2 heterocycles. The van der Waals surface area contributed by atoms with E-state index in [1.807, 2.05) is 13.8 Å². The highest BCUT2D eigenvalue weighted by Gasteiger charge is 2.44. The third kappa shape index (κ3) is 2.96. The predicted molar refractivity (Wildman–Crippen MR) is 91.5 cm³/mol. The van der Waals surface area contributed by atoms with E-state index in [1.165, 1.54) is 0 Å². The van der Waals surface area contributed by atoms with Crippen molar-refractivity contribution in [1.82, 2.24) is 9.55 Å². The standard InChI is InChI=1S/C15H19Cl2N3O4/c1-6(2)18-15-19-9-3-7(16)8(17)4-10(9)20(15)14-13(23)12(22)11(5-21)24-14/h3-4,6,11-14,21-23H,5H2,1-2H3,(H,18,19)/t11-,12?,13+,14+/m1/s1. The van der Waals surface area contributed by atoms with Gasteiger partial charge in [-0.15, -0.1) is 0 Å². The molecule has 1 unspecified atom stereocenters. The minimum absolute atomic E-state index is 0.0728. The first-order chi connectivity index (χ1) is 11.3. The van der Waals surface area contributed by atoms with Gasteiger partial charge in [0.2, 0.25) is 5.95 Å². The lowest BCUT2D eigenvalue weighted by Gasteiger charge is -2.21. The molecule has 4 N–H and O–H groups in total. The normalized spacial score (nSPS) is 27.3. The third-order valence-electron chi connectivity index (χ3n) is 3.92. The van der Waals surface area contributed by atoms with E-state index < -0.39 is 31.1 Å². The zero-order chi connectivity index (χ0) is 17.6. The smallest absolute Gasteiger partial charge is 0.206 e. The van der Waals surface area contributed by atoms with Crippen LogP contribution in [-0.4, -0.2) is 55.8 Å². The van der Waals surface area contributed by atoms with Crippen LogP contribution >= 0.6 is 23.2 Å². The SMILES string of the molecule is CC(C)Nc1nc2cc(Cl)c(Cl)cc2n1[C@H]1O[C@H](CO)C(O)[C@@H]1O. The van der Waals surface area contributed by atoms with Gasteiger partial charge in [-0.25, -0.2) is 4.98 Å². The number of aliphatic hydroxyl groups is 3. The van der Waals surface area contributed by atoms with E-state index in [9.17, 15) is 15.3 Å². The molecule has 0 saturated carbocycles. The van der Waals surface area contributed by atoms with Crippen LogP contribution in [0.3, 0.4) is 0 Å². The van der Waals surface area contributed by atoms with Crippen LogP contribution in [0.15, 0.2) is 12.1 Å². The molecule has 1 aliphatic heterocycles. The van der Waals surface area contributed by atoms with Gasteiger partial charge in [-0.3, -0.25) is 4.57 Å². The Labute approximate surface area is 148 Å². The Morgan fingerprint density at radius 3 is 2.50 bits per heavy atom. The van der Waals surface area contributed by atoms with E-state index in [-0.39, 0.29) is 6.04 Å². The molecule has 1 fully saturated rings. The van der Waals surface area contributed by atoms with E-state index in [2.05, 4.69) is 10.3 Å². The van der Waals surface area contributed by atoms with Crippen LogP contribution in [0.2, 0.25) is 10.0 Å². The van der Waals surface area contributed by atoms with Gasteiger partial charge < -0.3 is 25.4 Å². The summed E-state index contributed by atoms with van der Waals surface area (Å²) in [5.41, 5.74) is 1.17. The van der Waals surface area contributed by atoms with Gasteiger partial charge in [-0.05, 0) is 26.0 Å². The summed E-state index contributed by atoms with van der Waals surface area (Å²) in [6.45, 7) is 3.49. The van der Waals surface area contributed by atoms with Gasteiger partial charge in [-0.1, -0.05) is 23.2 Å². The van der Waals surface area contributed by atoms with Crippen LogP contribution in [0.5, 0.6) is 0 Å². The number of imidazole rings is 1. The molecule has 0 aliphatic carbocycles. The molecule has 1 saturated heterocycles. The van der Waals surface area contributed by atoms with Crippen molar-refractivity contribution in [2.45, 2.75) is 44.4 Å². The monoisotopic (exact) mass is 375 g/mol. The average molecular weight is 376 g/mol. The Kier molecular flexibility index (Phi) is 4.92. The number of hydrogen-bond acceptors (Lipinski definition) is 6. The molecule has 3 rings (SSSR count). The van der Waals surface area contributed by atoms with Crippen molar-refractivity contribution in [1.29, 1.82) is 0 Å². The zero-order valence-electron chi connectivity index (χ0n) is 13.1. The lowest BCUT2D eigenvalue weighted by molar-refractivity contribution is -0.0499. The summed E-state index contributed by atoms with van der Waals surface area (Å²) in [7, 11) is 0. The molecular formula is C15H19Cl2N3O4. The zero-order valence-corrected chi connectivity index (χ0v) is 14.7. The maximum Gasteiger partial charge on any atom is 0.206 e. The summed E-state index contributed by atoms with van der Waals surface area (Å²) < 4.78 is 7.26. The van der Waals surface area contributed by atoms with E-state index in [0.29, 0.717) is 27.0 Å². The van der Waals surface area contributed by atoms with Crippen molar-refractivity contribution in [2.75, 3.05) is 11.9 Å². The summed E-state index contributed by atoms with van der Waals surface area (Å²) in [5.74, 6) is 0.452. The molecule has 4 atom stereocenters. The Morgan fingerprint density at radius 1 is 1.25 bits per heavy atom. The van der Waals surface area contributed by atoms with Crippen molar-refractivity contribution in [2.24, 2.45) is 0 Å². The van der Waals surface area contributed by atoms with Gasteiger partial charge in [0.05, 0.1) is 27.7 Å². The molecule has 7 nitrogen and oxygen atoms in total. The molecule has 1 aromatic heterocycles. The van der Waals surface area contributed by atoms with Gasteiger partial charge >= 0.3 is 0 Å². The van der Waals surface area contributed by atoms with Crippen LogP contribution in [0.25, 0.3) is 11.0 Å². The van der Waals surface area contributed by atoms with Crippen LogP contribution in [0, 0.1) is 0 Å². The minimum Gasteiger partial charge on any atom is -0.394 e. The second-order valence-electron chi connectivity index (χ2n) is 6.09. The number of aromatic nitrogens is 2. The first-order valence-corrected chi connectivity index (χ1v) is 8.35. The van der Waals surface area contributed by atoms with E-state index in [0.717, 1.165) is 0 Å². The van der Waals surface area contributed by atoms with Crippen LogP contribution < -0.4 is 5.32 Å². The molecule has 0 bridgehead atoms. The lowest BCUT2D eigenvalue weighted by Crippen LogP contribution is -2.33. The number of nitrogens with zero attached hydrogens (tertiary/aromatic N) is 2. The van der Waals surface area contributed by atoms with Crippen LogP contribution in [0.4, 0.5) is 5.95 Å². The Balaban J connectivity index is 2.15. The van der Waals surface area contributed by atoms with Gasteiger partial charge in [0.15, 0.2) is 6.23 Å². The highest BCUT2D eigenvalue weighted by atomic mass is 35.5. The highest BCUT2D eigenvalue weighted by Crippen LogP contribution is 2.37. The highest BCUT2D eigenvalue weighted by molar-refractivity contribution is 6.42. The molecule has 0 amide bonds.